The number of carbonyl (C=O) groups is 2. The lowest BCUT2D eigenvalue weighted by Gasteiger charge is -2.30. The summed E-state index contributed by atoms with van der Waals surface area (Å²) in [5.74, 6) is -1.50. The van der Waals surface area contributed by atoms with Crippen LogP contribution in [-0.4, -0.2) is 51.3 Å². The number of carboxylic acids is 1. The first kappa shape index (κ1) is 20.8. The van der Waals surface area contributed by atoms with Crippen molar-refractivity contribution in [1.29, 1.82) is 0 Å². The van der Waals surface area contributed by atoms with Crippen molar-refractivity contribution in [3.05, 3.63) is 42.4 Å². The Morgan fingerprint density at radius 2 is 1.86 bits per heavy atom. The monoisotopic (exact) mass is 410 g/mol. The summed E-state index contributed by atoms with van der Waals surface area (Å²) in [6.07, 6.45) is -0.156. The van der Waals surface area contributed by atoms with Gasteiger partial charge in [0.05, 0.1) is 11.7 Å². The molecule has 2 atom stereocenters. The summed E-state index contributed by atoms with van der Waals surface area (Å²) < 4.78 is 33.9. The lowest BCUT2D eigenvalue weighted by atomic mass is 10.0. The molecule has 3 N–H and O–H groups in total. The van der Waals surface area contributed by atoms with Crippen LogP contribution >= 0.6 is 0 Å². The van der Waals surface area contributed by atoms with Gasteiger partial charge in [-0.1, -0.05) is 30.3 Å². The van der Waals surface area contributed by atoms with E-state index in [-0.39, 0.29) is 18.0 Å². The molecule has 3 heterocycles. The molecule has 0 bridgehead atoms. The molecule has 2 aromatic rings. The number of imidazole rings is 1. The van der Waals surface area contributed by atoms with E-state index in [4.69, 9.17) is 14.9 Å². The first-order chi connectivity index (χ1) is 13.7. The van der Waals surface area contributed by atoms with Gasteiger partial charge in [-0.15, -0.1) is 0 Å². The molecule has 1 aromatic heterocycles. The van der Waals surface area contributed by atoms with Crippen LogP contribution in [0, 0.1) is 0 Å². The van der Waals surface area contributed by atoms with Gasteiger partial charge in [-0.25, -0.2) is 9.78 Å². The fourth-order valence-corrected chi connectivity index (χ4v) is 3.12. The highest BCUT2D eigenvalue weighted by Crippen LogP contribution is 2.22. The van der Waals surface area contributed by atoms with Gasteiger partial charge in [0.25, 0.3) is 0 Å². The number of alkyl halides is 3. The van der Waals surface area contributed by atoms with E-state index in [1.165, 1.54) is 0 Å². The minimum Gasteiger partial charge on any atom is -0.475 e. The number of rotatable bonds is 3. The minimum absolute atomic E-state index is 0.0177. The van der Waals surface area contributed by atoms with Crippen molar-refractivity contribution in [2.24, 2.45) is 0 Å². The summed E-state index contributed by atoms with van der Waals surface area (Å²) in [7, 11) is 0. The van der Waals surface area contributed by atoms with E-state index in [1.54, 1.807) is 0 Å². The third-order valence-corrected chi connectivity index (χ3v) is 4.79. The van der Waals surface area contributed by atoms with Gasteiger partial charge in [-0.2, -0.15) is 13.2 Å². The molecule has 4 rings (SSSR count). The van der Waals surface area contributed by atoms with Crippen LogP contribution in [0.4, 0.5) is 13.2 Å². The Morgan fingerprint density at radius 1 is 1.21 bits per heavy atom. The maximum Gasteiger partial charge on any atom is 0.490 e. The lowest BCUT2D eigenvalue weighted by molar-refractivity contribution is -0.192. The number of carboxylic acid groups (broad SMARTS) is 1. The van der Waals surface area contributed by atoms with E-state index >= 15 is 0 Å². The third-order valence-electron chi connectivity index (χ3n) is 4.79. The molecule has 1 fully saturated rings. The van der Waals surface area contributed by atoms with Crippen LogP contribution in [0.25, 0.3) is 11.3 Å². The molecule has 0 saturated carbocycles. The summed E-state index contributed by atoms with van der Waals surface area (Å²) in [5, 5.41) is 13.4. The Morgan fingerprint density at radius 3 is 2.41 bits per heavy atom. The number of carbonyl (C=O) groups excluding carboxylic acids is 1. The third kappa shape index (κ3) is 5.35. The van der Waals surface area contributed by atoms with Crippen molar-refractivity contribution in [3.63, 3.8) is 0 Å². The Bertz CT molecular complexity index is 863. The topological polar surface area (TPSA) is 96.3 Å². The van der Waals surface area contributed by atoms with E-state index < -0.39 is 12.1 Å². The fourth-order valence-electron chi connectivity index (χ4n) is 3.12. The average molecular weight is 410 g/mol. The van der Waals surface area contributed by atoms with Gasteiger partial charge in [0.15, 0.2) is 0 Å². The summed E-state index contributed by atoms with van der Waals surface area (Å²) in [6, 6.07) is 10.5. The van der Waals surface area contributed by atoms with Crippen molar-refractivity contribution in [2.75, 3.05) is 6.54 Å². The van der Waals surface area contributed by atoms with Crippen molar-refractivity contribution >= 4 is 11.9 Å². The van der Waals surface area contributed by atoms with Crippen molar-refractivity contribution in [1.82, 2.24) is 20.2 Å². The zero-order chi connectivity index (χ0) is 21.0. The molecule has 0 spiro atoms. The zero-order valence-corrected chi connectivity index (χ0v) is 15.4. The molecule has 1 amide bonds. The average Bonchev–Trinajstić information content (AvgIpc) is 3.04. The van der Waals surface area contributed by atoms with Crippen LogP contribution in [0.15, 0.2) is 36.5 Å². The van der Waals surface area contributed by atoms with E-state index in [0.717, 1.165) is 49.4 Å². The highest BCUT2D eigenvalue weighted by molar-refractivity contribution is 5.82. The van der Waals surface area contributed by atoms with E-state index in [2.05, 4.69) is 33.5 Å². The maximum absolute atomic E-state index is 12.0. The van der Waals surface area contributed by atoms with E-state index in [1.807, 2.05) is 18.2 Å². The van der Waals surface area contributed by atoms with Gasteiger partial charge in [0.2, 0.25) is 5.91 Å². The molecule has 1 saturated heterocycles. The lowest BCUT2D eigenvalue weighted by Crippen LogP contribution is -2.56. The van der Waals surface area contributed by atoms with Crippen molar-refractivity contribution < 1.29 is 27.9 Å². The highest BCUT2D eigenvalue weighted by atomic mass is 19.4. The van der Waals surface area contributed by atoms with Crippen LogP contribution in [-0.2, 0) is 22.6 Å². The fraction of sp³-hybridized carbons (Fsp3) is 0.421. The van der Waals surface area contributed by atoms with Crippen LogP contribution in [0.1, 0.15) is 18.7 Å². The number of aryl methyl sites for hydroxylation is 1. The van der Waals surface area contributed by atoms with Gasteiger partial charge in [0.1, 0.15) is 5.82 Å². The largest absolute Gasteiger partial charge is 0.490 e. The van der Waals surface area contributed by atoms with Crippen molar-refractivity contribution in [3.8, 4) is 11.3 Å². The first-order valence-electron chi connectivity index (χ1n) is 9.19. The summed E-state index contributed by atoms with van der Waals surface area (Å²) in [4.78, 5) is 25.7. The SMILES string of the molecule is O=C(NC1CCc2nc(-c3ccccc3)cn2C1)C1CCN1.O=C(O)C(F)(F)F. The second-order valence-electron chi connectivity index (χ2n) is 6.90. The molecule has 10 heteroatoms. The number of halogens is 3. The Kier molecular flexibility index (Phi) is 6.21. The molecule has 0 aliphatic carbocycles. The number of benzene rings is 1. The number of nitrogens with zero attached hydrogens (tertiary/aromatic N) is 2. The molecule has 156 valence electrons. The number of aliphatic carboxylic acids is 1. The molecular weight excluding hydrogens is 389 g/mol. The van der Waals surface area contributed by atoms with Crippen LogP contribution in [0.5, 0.6) is 0 Å². The zero-order valence-electron chi connectivity index (χ0n) is 15.4. The second-order valence-corrected chi connectivity index (χ2v) is 6.90. The highest BCUT2D eigenvalue weighted by Gasteiger charge is 2.38. The van der Waals surface area contributed by atoms with Crippen molar-refractivity contribution in [2.45, 2.75) is 44.1 Å². The molecule has 7 nitrogen and oxygen atoms in total. The molecule has 2 unspecified atom stereocenters. The van der Waals surface area contributed by atoms with Gasteiger partial charge in [-0.3, -0.25) is 4.79 Å². The van der Waals surface area contributed by atoms with Gasteiger partial charge >= 0.3 is 12.1 Å². The van der Waals surface area contributed by atoms with E-state index in [9.17, 15) is 18.0 Å². The molecule has 2 aliphatic rings. The first-order valence-corrected chi connectivity index (χ1v) is 9.19. The molecule has 2 aliphatic heterocycles. The minimum atomic E-state index is -5.08. The number of fused-ring (bicyclic) bond motifs is 1. The smallest absolute Gasteiger partial charge is 0.475 e. The van der Waals surface area contributed by atoms with Crippen LogP contribution in [0.3, 0.4) is 0 Å². The van der Waals surface area contributed by atoms with Gasteiger partial charge in [-0.05, 0) is 19.4 Å². The summed E-state index contributed by atoms with van der Waals surface area (Å²) in [6.45, 7) is 1.77. The molecule has 0 radical (unpaired) electrons. The normalized spacial score (nSPS) is 20.5. The molecular formula is C19H21F3N4O3. The maximum atomic E-state index is 12.0. The van der Waals surface area contributed by atoms with Gasteiger partial charge < -0.3 is 20.3 Å². The summed E-state index contributed by atoms with van der Waals surface area (Å²) in [5.41, 5.74) is 2.16. The number of aromatic nitrogens is 2. The van der Waals surface area contributed by atoms with E-state index in [0.29, 0.717) is 0 Å². The number of amides is 1. The standard InChI is InChI=1S/C17H20N4O.C2HF3O2/c22-17(14-8-9-18-14)19-13-6-7-16-20-15(11-21(16)10-13)12-4-2-1-3-5-12;3-2(4,5)1(6)7/h1-5,11,13-14,18H,6-10H2,(H,19,22);(H,6,7). The number of hydrogen-bond donors (Lipinski definition) is 3. The Balaban J connectivity index is 0.000000298. The molecule has 1 aromatic carbocycles. The molecule has 29 heavy (non-hydrogen) atoms. The number of nitrogens with one attached hydrogen (secondary N) is 2. The number of hydrogen-bond acceptors (Lipinski definition) is 4. The quantitative estimate of drug-likeness (QED) is 0.719. The Labute approximate surface area is 164 Å². The predicted molar refractivity (Wildman–Crippen MR) is 98.0 cm³/mol. The summed E-state index contributed by atoms with van der Waals surface area (Å²) >= 11 is 0. The van der Waals surface area contributed by atoms with Crippen LogP contribution in [0.2, 0.25) is 0 Å². The Hall–Kier alpha value is -2.88. The second kappa shape index (κ2) is 8.64. The van der Waals surface area contributed by atoms with Crippen LogP contribution < -0.4 is 10.6 Å². The predicted octanol–water partition coefficient (Wildman–Crippen LogP) is 1.98. The van der Waals surface area contributed by atoms with Gasteiger partial charge in [0, 0.05) is 30.8 Å².